The summed E-state index contributed by atoms with van der Waals surface area (Å²) in [5.41, 5.74) is 2.75. The highest BCUT2D eigenvalue weighted by atomic mass is 79.9. The summed E-state index contributed by atoms with van der Waals surface area (Å²) in [4.78, 5) is 20.4. The summed E-state index contributed by atoms with van der Waals surface area (Å²) in [6.45, 7) is 0.946. The van der Waals surface area contributed by atoms with Gasteiger partial charge in [0.2, 0.25) is 11.9 Å². The molecule has 1 amide bonds. The Morgan fingerprint density at radius 3 is 2.92 bits per heavy atom. The Bertz CT molecular complexity index is 820. The van der Waals surface area contributed by atoms with E-state index in [4.69, 9.17) is 0 Å². The second-order valence-corrected chi connectivity index (χ2v) is 7.85. The molecular formula is C19H22BrN5O. The van der Waals surface area contributed by atoms with Crippen LogP contribution in [0.2, 0.25) is 0 Å². The summed E-state index contributed by atoms with van der Waals surface area (Å²) < 4.78 is 0.864. The first-order valence-electron chi connectivity index (χ1n) is 9.13. The minimum absolute atomic E-state index is 0.0336. The van der Waals surface area contributed by atoms with Crippen molar-refractivity contribution in [2.24, 2.45) is 5.92 Å². The van der Waals surface area contributed by atoms with E-state index in [0.717, 1.165) is 39.7 Å². The number of nitrogens with one attached hydrogen (secondary N) is 3. The second kappa shape index (κ2) is 7.61. The Hall–Kier alpha value is -2.15. The van der Waals surface area contributed by atoms with Crippen LogP contribution >= 0.6 is 15.9 Å². The van der Waals surface area contributed by atoms with Gasteiger partial charge in [0.05, 0.1) is 10.9 Å². The average molecular weight is 416 g/mol. The van der Waals surface area contributed by atoms with Gasteiger partial charge >= 0.3 is 0 Å². The first kappa shape index (κ1) is 17.3. The number of benzene rings is 1. The number of carbonyl (C=O) groups is 1. The topological polar surface area (TPSA) is 78.9 Å². The van der Waals surface area contributed by atoms with Crippen molar-refractivity contribution in [1.29, 1.82) is 0 Å². The lowest BCUT2D eigenvalue weighted by Gasteiger charge is -2.22. The van der Waals surface area contributed by atoms with E-state index in [1.807, 2.05) is 18.2 Å². The molecule has 136 valence electrons. The van der Waals surface area contributed by atoms with Gasteiger partial charge in [-0.15, -0.1) is 0 Å². The minimum Gasteiger partial charge on any atom is -0.369 e. The minimum atomic E-state index is 0.0336. The van der Waals surface area contributed by atoms with Crippen molar-refractivity contribution in [1.82, 2.24) is 9.97 Å². The SMILES string of the molecule is O=C1Cc2cc(Nc3ncc(Br)c(NCC4CCCCC4)n3)ccc2N1. The molecule has 1 aromatic heterocycles. The normalized spacial score (nSPS) is 16.9. The number of rotatable bonds is 5. The molecule has 6 nitrogen and oxygen atoms in total. The Morgan fingerprint density at radius 2 is 2.08 bits per heavy atom. The lowest BCUT2D eigenvalue weighted by Crippen LogP contribution is -2.18. The number of aromatic nitrogens is 2. The van der Waals surface area contributed by atoms with Crippen LogP contribution < -0.4 is 16.0 Å². The van der Waals surface area contributed by atoms with Crippen molar-refractivity contribution in [3.8, 4) is 0 Å². The third-order valence-corrected chi connectivity index (χ3v) is 5.59. The predicted octanol–water partition coefficient (Wildman–Crippen LogP) is 4.47. The van der Waals surface area contributed by atoms with Gasteiger partial charge in [-0.2, -0.15) is 4.98 Å². The first-order valence-corrected chi connectivity index (χ1v) is 9.93. The monoisotopic (exact) mass is 415 g/mol. The van der Waals surface area contributed by atoms with Crippen LogP contribution in [0.4, 0.5) is 23.1 Å². The molecule has 0 saturated heterocycles. The van der Waals surface area contributed by atoms with Gasteiger partial charge in [-0.3, -0.25) is 4.79 Å². The van der Waals surface area contributed by atoms with Crippen LogP contribution in [0.15, 0.2) is 28.9 Å². The molecular weight excluding hydrogens is 394 g/mol. The number of fused-ring (bicyclic) bond motifs is 1. The highest BCUT2D eigenvalue weighted by Crippen LogP contribution is 2.29. The fourth-order valence-corrected chi connectivity index (χ4v) is 3.95. The molecule has 2 aromatic rings. The fraction of sp³-hybridized carbons (Fsp3) is 0.421. The third kappa shape index (κ3) is 3.98. The van der Waals surface area contributed by atoms with Crippen LogP contribution in [-0.2, 0) is 11.2 Å². The van der Waals surface area contributed by atoms with Crippen molar-refractivity contribution in [3.05, 3.63) is 34.4 Å². The molecule has 26 heavy (non-hydrogen) atoms. The number of nitrogens with zero attached hydrogens (tertiary/aromatic N) is 2. The fourth-order valence-electron chi connectivity index (χ4n) is 3.62. The summed E-state index contributed by atoms with van der Waals surface area (Å²) in [7, 11) is 0. The number of amides is 1. The number of hydrogen-bond donors (Lipinski definition) is 3. The maximum atomic E-state index is 11.5. The highest BCUT2D eigenvalue weighted by molar-refractivity contribution is 9.10. The Morgan fingerprint density at radius 1 is 1.23 bits per heavy atom. The number of carbonyl (C=O) groups excluding carboxylic acids is 1. The van der Waals surface area contributed by atoms with Crippen molar-refractivity contribution in [3.63, 3.8) is 0 Å². The zero-order valence-electron chi connectivity index (χ0n) is 14.5. The van der Waals surface area contributed by atoms with E-state index in [1.54, 1.807) is 6.20 Å². The summed E-state index contributed by atoms with van der Waals surface area (Å²) in [5.74, 6) is 2.11. The summed E-state index contributed by atoms with van der Waals surface area (Å²) >= 11 is 3.53. The van der Waals surface area contributed by atoms with Gasteiger partial charge in [0.25, 0.3) is 0 Å². The summed E-state index contributed by atoms with van der Waals surface area (Å²) in [6, 6.07) is 5.79. The van der Waals surface area contributed by atoms with E-state index in [1.165, 1.54) is 32.1 Å². The smallest absolute Gasteiger partial charge is 0.229 e. The van der Waals surface area contributed by atoms with Crippen molar-refractivity contribution < 1.29 is 4.79 Å². The molecule has 4 rings (SSSR count). The molecule has 1 aliphatic carbocycles. The predicted molar refractivity (Wildman–Crippen MR) is 107 cm³/mol. The van der Waals surface area contributed by atoms with E-state index in [2.05, 4.69) is 41.8 Å². The molecule has 3 N–H and O–H groups in total. The van der Waals surface area contributed by atoms with E-state index < -0.39 is 0 Å². The molecule has 0 atom stereocenters. The Labute approximate surface area is 161 Å². The van der Waals surface area contributed by atoms with Crippen LogP contribution in [-0.4, -0.2) is 22.4 Å². The maximum Gasteiger partial charge on any atom is 0.229 e. The number of hydrogen-bond acceptors (Lipinski definition) is 5. The molecule has 2 aliphatic rings. The molecule has 0 unspecified atom stereocenters. The van der Waals surface area contributed by atoms with E-state index >= 15 is 0 Å². The molecule has 7 heteroatoms. The summed E-state index contributed by atoms with van der Waals surface area (Å²) in [5, 5.41) is 9.53. The average Bonchev–Trinajstić information content (AvgIpc) is 3.02. The van der Waals surface area contributed by atoms with Crippen LogP contribution in [0.3, 0.4) is 0 Å². The van der Waals surface area contributed by atoms with Gasteiger partial charge in [0.15, 0.2) is 0 Å². The van der Waals surface area contributed by atoms with Crippen LogP contribution in [0, 0.1) is 5.92 Å². The van der Waals surface area contributed by atoms with Crippen molar-refractivity contribution >= 4 is 45.0 Å². The van der Waals surface area contributed by atoms with Gasteiger partial charge in [0.1, 0.15) is 5.82 Å². The van der Waals surface area contributed by atoms with Crippen molar-refractivity contribution in [2.75, 3.05) is 22.5 Å². The first-order chi connectivity index (χ1) is 12.7. The molecule has 1 saturated carbocycles. The van der Waals surface area contributed by atoms with Gasteiger partial charge in [0, 0.05) is 24.1 Å². The lowest BCUT2D eigenvalue weighted by atomic mass is 9.89. The third-order valence-electron chi connectivity index (χ3n) is 5.01. The van der Waals surface area contributed by atoms with Gasteiger partial charge in [-0.1, -0.05) is 19.3 Å². The van der Waals surface area contributed by atoms with Crippen LogP contribution in [0.5, 0.6) is 0 Å². The zero-order valence-corrected chi connectivity index (χ0v) is 16.1. The number of halogens is 1. The standard InChI is InChI=1S/C19H22BrN5O/c20-15-11-22-19(25-18(15)21-10-12-4-2-1-3-5-12)23-14-6-7-16-13(8-14)9-17(26)24-16/h6-8,11-12H,1-5,9-10H2,(H,24,26)(H2,21,22,23,25). The second-order valence-electron chi connectivity index (χ2n) is 7.00. The zero-order chi connectivity index (χ0) is 17.9. The summed E-state index contributed by atoms with van der Waals surface area (Å²) in [6.07, 6.45) is 8.80. The highest BCUT2D eigenvalue weighted by Gasteiger charge is 2.18. The van der Waals surface area contributed by atoms with E-state index in [-0.39, 0.29) is 5.91 Å². The van der Waals surface area contributed by atoms with Gasteiger partial charge < -0.3 is 16.0 Å². The maximum absolute atomic E-state index is 11.5. The quantitative estimate of drug-likeness (QED) is 0.671. The Balaban J connectivity index is 1.44. The molecule has 0 spiro atoms. The largest absolute Gasteiger partial charge is 0.369 e. The molecule has 1 aliphatic heterocycles. The number of anilines is 4. The molecule has 1 fully saturated rings. The lowest BCUT2D eigenvalue weighted by molar-refractivity contribution is -0.115. The van der Waals surface area contributed by atoms with E-state index in [0.29, 0.717) is 12.4 Å². The Kier molecular flexibility index (Phi) is 5.06. The molecule has 0 bridgehead atoms. The van der Waals surface area contributed by atoms with Gasteiger partial charge in [-0.05, 0) is 58.5 Å². The van der Waals surface area contributed by atoms with Crippen LogP contribution in [0.1, 0.15) is 37.7 Å². The molecule has 1 aromatic carbocycles. The molecule has 0 radical (unpaired) electrons. The van der Waals surface area contributed by atoms with Crippen molar-refractivity contribution in [2.45, 2.75) is 38.5 Å². The van der Waals surface area contributed by atoms with Crippen LogP contribution in [0.25, 0.3) is 0 Å². The van der Waals surface area contributed by atoms with Gasteiger partial charge in [-0.25, -0.2) is 4.98 Å². The van der Waals surface area contributed by atoms with E-state index in [9.17, 15) is 4.79 Å². The molecule has 2 heterocycles.